The highest BCUT2D eigenvalue weighted by Crippen LogP contribution is 2.40. The summed E-state index contributed by atoms with van der Waals surface area (Å²) in [6.07, 6.45) is 5.42. The van der Waals surface area contributed by atoms with Crippen LogP contribution in [0.15, 0.2) is 18.2 Å². The number of hydrogen-bond acceptors (Lipinski definition) is 1. The molecule has 0 atom stereocenters. The summed E-state index contributed by atoms with van der Waals surface area (Å²) >= 11 is 0. The van der Waals surface area contributed by atoms with Crippen molar-refractivity contribution in [2.45, 2.75) is 57.4 Å². The van der Waals surface area contributed by atoms with Gasteiger partial charge in [0.05, 0.1) is 0 Å². The second-order valence-corrected chi connectivity index (χ2v) is 6.00. The zero-order chi connectivity index (χ0) is 13.9. The van der Waals surface area contributed by atoms with Gasteiger partial charge in [0.15, 0.2) is 0 Å². The number of nitrogens with one attached hydrogen (secondary N) is 1. The third-order valence-electron chi connectivity index (χ3n) is 4.16. The van der Waals surface area contributed by atoms with E-state index in [0.717, 1.165) is 38.3 Å². The predicted molar refractivity (Wildman–Crippen MR) is 74.3 cm³/mol. The van der Waals surface area contributed by atoms with Crippen LogP contribution in [0.5, 0.6) is 0 Å². The molecule has 1 nitrogen and oxygen atoms in total. The molecule has 1 saturated carbocycles. The van der Waals surface area contributed by atoms with Crippen LogP contribution in [0.3, 0.4) is 0 Å². The van der Waals surface area contributed by atoms with Crippen LogP contribution >= 0.6 is 0 Å². The Morgan fingerprint density at radius 3 is 2.42 bits per heavy atom. The van der Waals surface area contributed by atoms with Gasteiger partial charge in [-0.15, -0.1) is 0 Å². The Morgan fingerprint density at radius 1 is 1.16 bits per heavy atom. The van der Waals surface area contributed by atoms with E-state index in [-0.39, 0.29) is 5.41 Å². The van der Waals surface area contributed by atoms with Crippen LogP contribution in [0.25, 0.3) is 0 Å². The Hall–Kier alpha value is -0.960. The van der Waals surface area contributed by atoms with E-state index in [2.05, 4.69) is 19.2 Å². The lowest BCUT2D eigenvalue weighted by molar-refractivity contribution is 0.265. The Labute approximate surface area is 114 Å². The topological polar surface area (TPSA) is 12.0 Å². The van der Waals surface area contributed by atoms with Crippen LogP contribution in [0.4, 0.5) is 8.78 Å². The molecule has 106 valence electrons. The van der Waals surface area contributed by atoms with Gasteiger partial charge >= 0.3 is 0 Å². The van der Waals surface area contributed by atoms with Gasteiger partial charge in [0.25, 0.3) is 0 Å². The minimum atomic E-state index is -0.496. The second kappa shape index (κ2) is 6.00. The zero-order valence-corrected chi connectivity index (χ0v) is 11.8. The third kappa shape index (κ3) is 3.33. The summed E-state index contributed by atoms with van der Waals surface area (Å²) in [5.41, 5.74) is 0.516. The highest BCUT2D eigenvalue weighted by molar-refractivity contribution is 5.29. The number of benzene rings is 1. The molecule has 0 unspecified atom stereocenters. The summed E-state index contributed by atoms with van der Waals surface area (Å²) in [5.74, 6) is -0.892. The van der Waals surface area contributed by atoms with Crippen molar-refractivity contribution in [2.24, 2.45) is 0 Å². The van der Waals surface area contributed by atoms with Crippen LogP contribution in [-0.4, -0.2) is 12.6 Å². The Balaban J connectivity index is 2.30. The van der Waals surface area contributed by atoms with Crippen molar-refractivity contribution in [3.8, 4) is 0 Å². The van der Waals surface area contributed by atoms with Crippen molar-refractivity contribution in [1.29, 1.82) is 0 Å². The van der Waals surface area contributed by atoms with Crippen LogP contribution in [0.2, 0.25) is 0 Å². The molecule has 3 heteroatoms. The molecule has 0 aliphatic heterocycles. The fraction of sp³-hybridized carbons (Fsp3) is 0.625. The Bertz CT molecular complexity index is 423. The molecule has 0 spiro atoms. The first kappa shape index (κ1) is 14.4. The van der Waals surface area contributed by atoms with E-state index >= 15 is 0 Å². The van der Waals surface area contributed by atoms with Crippen molar-refractivity contribution < 1.29 is 8.78 Å². The molecular weight excluding hydrogens is 244 g/mol. The van der Waals surface area contributed by atoms with E-state index in [9.17, 15) is 8.78 Å². The highest BCUT2D eigenvalue weighted by atomic mass is 19.1. The van der Waals surface area contributed by atoms with Gasteiger partial charge in [-0.2, -0.15) is 0 Å². The molecule has 2 rings (SSSR count). The zero-order valence-electron chi connectivity index (χ0n) is 11.8. The van der Waals surface area contributed by atoms with E-state index < -0.39 is 11.6 Å². The molecule has 19 heavy (non-hydrogen) atoms. The number of halogens is 2. The first-order valence-corrected chi connectivity index (χ1v) is 7.22. The van der Waals surface area contributed by atoms with E-state index in [0.29, 0.717) is 11.6 Å². The summed E-state index contributed by atoms with van der Waals surface area (Å²) < 4.78 is 27.2. The Kier molecular flexibility index (Phi) is 4.56. The Morgan fingerprint density at radius 2 is 1.84 bits per heavy atom. The van der Waals surface area contributed by atoms with Crippen molar-refractivity contribution in [1.82, 2.24) is 5.32 Å². The monoisotopic (exact) mass is 267 g/mol. The largest absolute Gasteiger partial charge is 0.314 e. The maximum Gasteiger partial charge on any atom is 0.129 e. The third-order valence-corrected chi connectivity index (χ3v) is 4.16. The molecule has 1 fully saturated rings. The molecule has 0 radical (unpaired) electrons. The lowest BCUT2D eigenvalue weighted by Gasteiger charge is -2.39. The molecule has 0 heterocycles. The van der Waals surface area contributed by atoms with E-state index in [1.807, 2.05) is 0 Å². The second-order valence-electron chi connectivity index (χ2n) is 6.00. The van der Waals surface area contributed by atoms with E-state index in [1.165, 1.54) is 12.5 Å². The molecule has 0 aromatic heterocycles. The van der Waals surface area contributed by atoms with Crippen molar-refractivity contribution in [3.63, 3.8) is 0 Å². The fourth-order valence-electron chi connectivity index (χ4n) is 3.09. The lowest BCUT2D eigenvalue weighted by Crippen LogP contribution is -2.42. The molecule has 1 aliphatic carbocycles. The molecule has 0 bridgehead atoms. The van der Waals surface area contributed by atoms with Gasteiger partial charge in [-0.25, -0.2) is 8.78 Å². The normalized spacial score (nSPS) is 18.8. The maximum absolute atomic E-state index is 14.1. The molecule has 1 aromatic rings. The summed E-state index contributed by atoms with van der Waals surface area (Å²) in [5, 5.41) is 3.44. The van der Waals surface area contributed by atoms with E-state index in [1.54, 1.807) is 6.07 Å². The predicted octanol–water partition coefficient (Wildman–Crippen LogP) is 4.16. The summed E-state index contributed by atoms with van der Waals surface area (Å²) in [7, 11) is 0. The summed E-state index contributed by atoms with van der Waals surface area (Å²) in [4.78, 5) is 0. The van der Waals surface area contributed by atoms with Crippen LogP contribution in [0, 0.1) is 11.6 Å². The highest BCUT2D eigenvalue weighted by Gasteiger charge is 2.35. The average molecular weight is 267 g/mol. The number of hydrogen-bond donors (Lipinski definition) is 1. The quantitative estimate of drug-likeness (QED) is 0.863. The summed E-state index contributed by atoms with van der Waals surface area (Å²) in [6, 6.07) is 4.41. The van der Waals surface area contributed by atoms with Crippen molar-refractivity contribution >= 4 is 0 Å². The van der Waals surface area contributed by atoms with Gasteiger partial charge in [-0.05, 0) is 24.5 Å². The van der Waals surface area contributed by atoms with Gasteiger partial charge in [-0.3, -0.25) is 0 Å². The smallest absolute Gasteiger partial charge is 0.129 e. The number of rotatable bonds is 4. The first-order valence-electron chi connectivity index (χ1n) is 7.22. The van der Waals surface area contributed by atoms with Gasteiger partial charge < -0.3 is 5.32 Å². The van der Waals surface area contributed by atoms with Gasteiger partial charge in [0, 0.05) is 24.1 Å². The molecule has 0 amide bonds. The van der Waals surface area contributed by atoms with E-state index in [4.69, 9.17) is 0 Å². The van der Waals surface area contributed by atoms with Gasteiger partial charge in [0.1, 0.15) is 11.6 Å². The SMILES string of the molecule is CC(C)NCC1(c2ccc(F)cc2F)CCCCC1. The van der Waals surface area contributed by atoms with Crippen LogP contribution < -0.4 is 5.32 Å². The van der Waals surface area contributed by atoms with Crippen molar-refractivity contribution in [3.05, 3.63) is 35.4 Å². The minimum absolute atomic E-state index is 0.166. The maximum atomic E-state index is 14.1. The standard InChI is InChI=1S/C16H23F2N/c1-12(2)19-11-16(8-4-3-5-9-16)14-7-6-13(17)10-15(14)18/h6-7,10,12,19H,3-5,8-9,11H2,1-2H3. The van der Waals surface area contributed by atoms with Crippen LogP contribution in [-0.2, 0) is 5.41 Å². The molecular formula is C16H23F2N. The summed E-state index contributed by atoms with van der Waals surface area (Å²) in [6.45, 7) is 4.96. The molecule has 0 saturated heterocycles. The molecule has 1 aliphatic rings. The van der Waals surface area contributed by atoms with Gasteiger partial charge in [-0.1, -0.05) is 39.2 Å². The minimum Gasteiger partial charge on any atom is -0.314 e. The van der Waals surface area contributed by atoms with Crippen molar-refractivity contribution in [2.75, 3.05) is 6.54 Å². The van der Waals surface area contributed by atoms with Crippen LogP contribution in [0.1, 0.15) is 51.5 Å². The van der Waals surface area contributed by atoms with Gasteiger partial charge in [0.2, 0.25) is 0 Å². The first-order chi connectivity index (χ1) is 9.03. The average Bonchev–Trinajstić information content (AvgIpc) is 2.37. The fourth-order valence-corrected chi connectivity index (χ4v) is 3.09. The molecule has 1 aromatic carbocycles. The lowest BCUT2D eigenvalue weighted by atomic mass is 9.69. The molecule has 1 N–H and O–H groups in total.